The van der Waals surface area contributed by atoms with Gasteiger partial charge in [-0.1, -0.05) is 115 Å². The second-order valence-corrected chi connectivity index (χ2v) is 11.2. The molecule has 0 aliphatic heterocycles. The van der Waals surface area contributed by atoms with E-state index in [1.165, 1.54) is 32.3 Å². The van der Waals surface area contributed by atoms with Gasteiger partial charge in [0.15, 0.2) is 0 Å². The zero-order valence-electron chi connectivity index (χ0n) is 24.8. The molecular formula is C43H30N2. The van der Waals surface area contributed by atoms with Gasteiger partial charge in [0, 0.05) is 33.9 Å². The molecule has 0 radical (unpaired) electrons. The number of fused-ring (bicyclic) bond motifs is 5. The van der Waals surface area contributed by atoms with Crippen molar-refractivity contribution in [3.63, 3.8) is 0 Å². The minimum Gasteiger partial charge on any atom is -0.310 e. The SMILES string of the molecule is C1=C=CC(N(C2=CC=CCC=C2)c2cc3c4ccccc4c(N(c4ccccc4)c4ccccc4)cc3c3ccccc23)=CC=1. The molecule has 0 amide bonds. The van der Waals surface area contributed by atoms with Crippen LogP contribution in [0.15, 0.2) is 193 Å². The van der Waals surface area contributed by atoms with Crippen LogP contribution < -0.4 is 9.80 Å². The van der Waals surface area contributed by atoms with Crippen molar-refractivity contribution in [3.05, 3.63) is 193 Å². The summed E-state index contributed by atoms with van der Waals surface area (Å²) >= 11 is 0. The highest BCUT2D eigenvalue weighted by Crippen LogP contribution is 2.46. The summed E-state index contributed by atoms with van der Waals surface area (Å²) in [6, 6.07) is 43.6. The lowest BCUT2D eigenvalue weighted by Crippen LogP contribution is -2.20. The van der Waals surface area contributed by atoms with E-state index in [9.17, 15) is 0 Å². The van der Waals surface area contributed by atoms with Crippen molar-refractivity contribution in [2.75, 3.05) is 9.80 Å². The molecule has 0 spiro atoms. The topological polar surface area (TPSA) is 6.48 Å². The molecule has 0 unspecified atom stereocenters. The lowest BCUT2D eigenvalue weighted by atomic mass is 9.93. The predicted molar refractivity (Wildman–Crippen MR) is 191 cm³/mol. The summed E-state index contributed by atoms with van der Waals surface area (Å²) in [5.74, 6) is 0. The maximum absolute atomic E-state index is 3.19. The fourth-order valence-corrected chi connectivity index (χ4v) is 6.49. The molecule has 6 aromatic rings. The molecule has 0 N–H and O–H groups in total. The van der Waals surface area contributed by atoms with Gasteiger partial charge in [0.1, 0.15) is 0 Å². The van der Waals surface area contributed by atoms with Crippen LogP contribution in [0.5, 0.6) is 0 Å². The quantitative estimate of drug-likeness (QED) is 0.144. The summed E-state index contributed by atoms with van der Waals surface area (Å²) in [5.41, 5.74) is 12.9. The Labute approximate surface area is 263 Å². The zero-order chi connectivity index (χ0) is 30.0. The number of benzene rings is 6. The maximum Gasteiger partial charge on any atom is 0.0551 e. The molecule has 45 heavy (non-hydrogen) atoms. The highest BCUT2D eigenvalue weighted by molar-refractivity contribution is 6.24. The van der Waals surface area contributed by atoms with E-state index in [0.29, 0.717) is 0 Å². The van der Waals surface area contributed by atoms with E-state index in [1.807, 2.05) is 12.2 Å². The summed E-state index contributed by atoms with van der Waals surface area (Å²) < 4.78 is 0. The largest absolute Gasteiger partial charge is 0.310 e. The Morgan fingerprint density at radius 2 is 1.02 bits per heavy atom. The van der Waals surface area contributed by atoms with E-state index in [0.717, 1.165) is 40.6 Å². The average molecular weight is 575 g/mol. The third-order valence-electron chi connectivity index (χ3n) is 8.47. The smallest absolute Gasteiger partial charge is 0.0551 e. The number of nitrogens with zero attached hydrogens (tertiary/aromatic N) is 2. The molecule has 6 aromatic carbocycles. The van der Waals surface area contributed by atoms with Gasteiger partial charge in [-0.3, -0.25) is 0 Å². The molecule has 0 saturated heterocycles. The van der Waals surface area contributed by atoms with Crippen LogP contribution in [0.3, 0.4) is 0 Å². The van der Waals surface area contributed by atoms with Crippen LogP contribution in [-0.4, -0.2) is 0 Å². The molecule has 0 fully saturated rings. The van der Waals surface area contributed by atoms with Gasteiger partial charge in [-0.15, -0.1) is 0 Å². The van der Waals surface area contributed by atoms with Crippen LogP contribution in [0.1, 0.15) is 6.42 Å². The first kappa shape index (κ1) is 26.6. The summed E-state index contributed by atoms with van der Waals surface area (Å²) in [5, 5.41) is 7.25. The normalized spacial score (nSPS) is 13.7. The third-order valence-corrected chi connectivity index (χ3v) is 8.47. The molecule has 2 heteroatoms. The molecule has 2 nitrogen and oxygen atoms in total. The Morgan fingerprint density at radius 1 is 0.467 bits per heavy atom. The molecule has 0 aromatic heterocycles. The van der Waals surface area contributed by atoms with E-state index in [1.54, 1.807) is 0 Å². The van der Waals surface area contributed by atoms with Gasteiger partial charge in [0.2, 0.25) is 0 Å². The summed E-state index contributed by atoms with van der Waals surface area (Å²) in [7, 11) is 0. The fraction of sp³-hybridized carbons (Fsp3) is 0.0233. The second-order valence-electron chi connectivity index (χ2n) is 11.2. The number of hydrogen-bond donors (Lipinski definition) is 0. The van der Waals surface area contributed by atoms with Gasteiger partial charge in [-0.25, -0.2) is 0 Å². The van der Waals surface area contributed by atoms with Gasteiger partial charge < -0.3 is 9.80 Å². The van der Waals surface area contributed by atoms with Crippen LogP contribution in [0.25, 0.3) is 32.3 Å². The van der Waals surface area contributed by atoms with Crippen molar-refractivity contribution in [2.24, 2.45) is 0 Å². The van der Waals surface area contributed by atoms with Crippen LogP contribution in [0.4, 0.5) is 22.7 Å². The van der Waals surface area contributed by atoms with E-state index in [2.05, 4.69) is 179 Å². The van der Waals surface area contributed by atoms with Crippen molar-refractivity contribution in [1.82, 2.24) is 0 Å². The van der Waals surface area contributed by atoms with Gasteiger partial charge >= 0.3 is 0 Å². The molecule has 0 heterocycles. The number of para-hydroxylation sites is 2. The summed E-state index contributed by atoms with van der Waals surface area (Å²) in [6.07, 6.45) is 17.9. The number of hydrogen-bond acceptors (Lipinski definition) is 2. The first-order valence-corrected chi connectivity index (χ1v) is 15.4. The second kappa shape index (κ2) is 11.6. The Morgan fingerprint density at radius 3 is 1.60 bits per heavy atom. The fourth-order valence-electron chi connectivity index (χ4n) is 6.49. The first-order valence-electron chi connectivity index (χ1n) is 15.4. The predicted octanol–water partition coefficient (Wildman–Crippen LogP) is 11.6. The van der Waals surface area contributed by atoms with Gasteiger partial charge in [-0.05, 0) is 88.7 Å². The van der Waals surface area contributed by atoms with Crippen molar-refractivity contribution in [1.29, 1.82) is 0 Å². The van der Waals surface area contributed by atoms with Crippen LogP contribution in [0, 0.1) is 0 Å². The van der Waals surface area contributed by atoms with Crippen molar-refractivity contribution in [3.8, 4) is 0 Å². The Balaban J connectivity index is 1.46. The number of anilines is 4. The minimum absolute atomic E-state index is 0.910. The number of allylic oxidation sites excluding steroid dienone is 8. The van der Waals surface area contributed by atoms with E-state index in [4.69, 9.17) is 0 Å². The maximum atomic E-state index is 3.19. The zero-order valence-corrected chi connectivity index (χ0v) is 24.8. The van der Waals surface area contributed by atoms with Crippen LogP contribution in [-0.2, 0) is 0 Å². The molecule has 0 bridgehead atoms. The monoisotopic (exact) mass is 574 g/mol. The van der Waals surface area contributed by atoms with Crippen molar-refractivity contribution < 1.29 is 0 Å². The third kappa shape index (κ3) is 4.82. The Bertz CT molecular complexity index is 2270. The highest BCUT2D eigenvalue weighted by atomic mass is 15.2. The Kier molecular flexibility index (Phi) is 6.83. The minimum atomic E-state index is 0.910. The van der Waals surface area contributed by atoms with E-state index in [-0.39, 0.29) is 0 Å². The van der Waals surface area contributed by atoms with Gasteiger partial charge in [0.25, 0.3) is 0 Å². The molecule has 8 rings (SSSR count). The lowest BCUT2D eigenvalue weighted by molar-refractivity contribution is 1.15. The van der Waals surface area contributed by atoms with Crippen molar-refractivity contribution in [2.45, 2.75) is 6.42 Å². The van der Waals surface area contributed by atoms with E-state index < -0.39 is 0 Å². The average Bonchev–Trinajstić information content (AvgIpc) is 3.40. The van der Waals surface area contributed by atoms with Gasteiger partial charge in [0.05, 0.1) is 17.1 Å². The molecular weight excluding hydrogens is 544 g/mol. The summed E-state index contributed by atoms with van der Waals surface area (Å²) in [4.78, 5) is 4.72. The van der Waals surface area contributed by atoms with Gasteiger partial charge in [-0.2, -0.15) is 0 Å². The summed E-state index contributed by atoms with van der Waals surface area (Å²) in [6.45, 7) is 0. The van der Waals surface area contributed by atoms with Crippen molar-refractivity contribution >= 4 is 55.1 Å². The van der Waals surface area contributed by atoms with Crippen LogP contribution in [0.2, 0.25) is 0 Å². The highest BCUT2D eigenvalue weighted by Gasteiger charge is 2.22. The van der Waals surface area contributed by atoms with Crippen LogP contribution >= 0.6 is 0 Å². The molecule has 2 aliphatic rings. The van der Waals surface area contributed by atoms with E-state index >= 15 is 0 Å². The standard InChI is InChI=1S/C43H30N2/c1-2-7-19-32(18-6-1)44(33-20-8-3-9-21-33)42-30-40-37-27-15-17-29-39(37)43(31-41(40)36-26-14-16-28-38(36)42)45(34-22-10-4-11-23-34)35-24-12-5-13-25-35/h1,4-8,10-31H,2H2. The molecule has 0 saturated carbocycles. The first-order chi connectivity index (χ1) is 22.4. The lowest BCUT2D eigenvalue weighted by Gasteiger charge is -2.30. The molecule has 2 aliphatic carbocycles. The Hall–Kier alpha value is -6.04. The number of rotatable bonds is 6. The molecule has 0 atom stereocenters. The molecule has 212 valence electrons.